The first kappa shape index (κ1) is 20.2. The van der Waals surface area contributed by atoms with Crippen LogP contribution in [0.3, 0.4) is 0 Å². The van der Waals surface area contributed by atoms with Crippen molar-refractivity contribution >= 4 is 35.3 Å². The van der Waals surface area contributed by atoms with Gasteiger partial charge in [0.25, 0.3) is 0 Å². The minimum atomic E-state index is -5.65. The van der Waals surface area contributed by atoms with E-state index in [9.17, 15) is 13.3 Å². The molecule has 11 heteroatoms. The Morgan fingerprint density at radius 3 is 2.41 bits per heavy atom. The largest absolute Gasteiger partial charge is 0.399 e. The van der Waals surface area contributed by atoms with E-state index in [0.29, 0.717) is 10.7 Å². The molecule has 142 valence electrons. The molecule has 0 aliphatic carbocycles. The van der Waals surface area contributed by atoms with Gasteiger partial charge in [0.05, 0.1) is 5.25 Å². The summed E-state index contributed by atoms with van der Waals surface area (Å²) < 4.78 is 39.2. The number of thioether (sulfide) groups is 1. The molecule has 3 rings (SSSR count). The molecule has 27 heavy (non-hydrogen) atoms. The van der Waals surface area contributed by atoms with E-state index < -0.39 is 18.8 Å². The zero-order valence-corrected chi connectivity index (χ0v) is 16.8. The van der Waals surface area contributed by atoms with Crippen molar-refractivity contribution in [2.45, 2.75) is 16.1 Å². The van der Waals surface area contributed by atoms with Crippen LogP contribution in [-0.2, 0) is 10.2 Å². The second-order valence-electron chi connectivity index (χ2n) is 5.52. The Balaban J connectivity index is 2.03. The third-order valence-corrected chi connectivity index (χ3v) is 6.54. The number of nitrogens with zero attached hydrogens (tertiary/aromatic N) is 2. The maximum absolute atomic E-state index is 14.1. The van der Waals surface area contributed by atoms with Crippen LogP contribution >= 0.6 is 35.3 Å². The summed E-state index contributed by atoms with van der Waals surface area (Å²) in [5.41, 5.74) is -3.50. The zero-order chi connectivity index (χ0) is 19.7. The minimum Gasteiger partial charge on any atom is -0.320 e. The highest BCUT2D eigenvalue weighted by Crippen LogP contribution is 2.60. The predicted molar refractivity (Wildman–Crippen MR) is 101 cm³/mol. The molecule has 0 saturated heterocycles. The van der Waals surface area contributed by atoms with Crippen molar-refractivity contribution in [3.05, 3.63) is 76.0 Å². The monoisotopic (exact) mass is 475 g/mol. The molecule has 1 heterocycles. The first-order chi connectivity index (χ1) is 12.7. The van der Waals surface area contributed by atoms with Gasteiger partial charge in [0.2, 0.25) is 0 Å². The summed E-state index contributed by atoms with van der Waals surface area (Å²) in [6, 6.07) is 13.2. The lowest BCUT2D eigenvalue weighted by atomic mass is 10.0. The molecule has 3 N–H and O–H groups in total. The summed E-state index contributed by atoms with van der Waals surface area (Å²) in [4.78, 5) is 22.0. The number of benzene rings is 2. The Kier molecular flexibility index (Phi) is 5.83. The van der Waals surface area contributed by atoms with Crippen molar-refractivity contribution in [1.82, 2.24) is 15.2 Å². The van der Waals surface area contributed by atoms with E-state index in [1.54, 1.807) is 0 Å². The van der Waals surface area contributed by atoms with Gasteiger partial charge in [-0.2, -0.15) is 13.9 Å². The predicted octanol–water partition coefficient (Wildman–Crippen LogP) is 4.68. The zero-order valence-electron chi connectivity index (χ0n) is 13.5. The van der Waals surface area contributed by atoms with Gasteiger partial charge >= 0.3 is 13.3 Å². The Morgan fingerprint density at radius 1 is 1.15 bits per heavy atom. The average molecular weight is 476 g/mol. The molecule has 0 radical (unpaired) electrons. The van der Waals surface area contributed by atoms with Gasteiger partial charge in [0.15, 0.2) is 5.16 Å². The maximum Gasteiger partial charge on any atom is 0.399 e. The molecule has 0 aliphatic rings. The van der Waals surface area contributed by atoms with Gasteiger partial charge in [-0.05, 0) is 17.2 Å². The average Bonchev–Trinajstić information content (AvgIpc) is 3.12. The molecule has 0 saturated carbocycles. The number of aromatic nitrogens is 3. The standard InChI is InChI=1S/C16H13BrF2N3O3PS/c17-13-8-11(6-7-12(13)16(18,19)26(23,24)25)14(10-4-2-1-3-5-10)27-15-20-9-21-22-15/h1-9,14H,(H,20,21,22)(H2,23,24,25). The number of rotatable bonds is 6. The van der Waals surface area contributed by atoms with Crippen molar-refractivity contribution in [2.75, 3.05) is 0 Å². The van der Waals surface area contributed by atoms with E-state index >= 15 is 0 Å². The fraction of sp³-hybridized carbons (Fsp3) is 0.125. The van der Waals surface area contributed by atoms with Gasteiger partial charge < -0.3 is 9.79 Å². The lowest BCUT2D eigenvalue weighted by Crippen LogP contribution is -2.14. The van der Waals surface area contributed by atoms with Crippen molar-refractivity contribution in [3.63, 3.8) is 0 Å². The molecule has 1 aromatic heterocycles. The number of halogens is 3. The van der Waals surface area contributed by atoms with Crippen LogP contribution in [0.15, 0.2) is 64.5 Å². The second kappa shape index (κ2) is 7.81. The number of alkyl halides is 2. The van der Waals surface area contributed by atoms with Gasteiger partial charge in [-0.3, -0.25) is 9.66 Å². The van der Waals surface area contributed by atoms with Gasteiger partial charge in [0, 0.05) is 10.0 Å². The van der Waals surface area contributed by atoms with Crippen molar-refractivity contribution in [2.24, 2.45) is 0 Å². The smallest absolute Gasteiger partial charge is 0.320 e. The summed E-state index contributed by atoms with van der Waals surface area (Å²) in [6.45, 7) is 0. The summed E-state index contributed by atoms with van der Waals surface area (Å²) in [7, 11) is -5.65. The Morgan fingerprint density at radius 2 is 1.85 bits per heavy atom. The lowest BCUT2D eigenvalue weighted by molar-refractivity contribution is 0.0557. The van der Waals surface area contributed by atoms with Gasteiger partial charge in [-0.25, -0.2) is 4.98 Å². The van der Waals surface area contributed by atoms with Crippen LogP contribution in [0.4, 0.5) is 8.78 Å². The Bertz CT molecular complexity index is 970. The van der Waals surface area contributed by atoms with Crippen LogP contribution in [0, 0.1) is 0 Å². The van der Waals surface area contributed by atoms with Crippen molar-refractivity contribution < 1.29 is 23.1 Å². The lowest BCUT2D eigenvalue weighted by Gasteiger charge is -2.21. The maximum atomic E-state index is 14.1. The number of hydrogen-bond acceptors (Lipinski definition) is 4. The van der Waals surface area contributed by atoms with Crippen LogP contribution in [0.25, 0.3) is 0 Å². The molecular formula is C16H13BrF2N3O3PS. The van der Waals surface area contributed by atoms with Crippen molar-refractivity contribution in [3.8, 4) is 0 Å². The van der Waals surface area contributed by atoms with Crippen molar-refractivity contribution in [1.29, 1.82) is 0 Å². The van der Waals surface area contributed by atoms with E-state index in [-0.39, 0.29) is 9.72 Å². The molecule has 0 aliphatic heterocycles. The quantitative estimate of drug-likeness (QED) is 0.353. The fourth-order valence-electron chi connectivity index (χ4n) is 2.41. The highest BCUT2D eigenvalue weighted by Gasteiger charge is 2.51. The summed E-state index contributed by atoms with van der Waals surface area (Å²) in [5, 5.41) is 6.79. The molecule has 0 fully saturated rings. The second-order valence-corrected chi connectivity index (χ2v) is 9.12. The molecule has 1 atom stereocenters. The highest BCUT2D eigenvalue weighted by molar-refractivity contribution is 9.10. The molecule has 2 aromatic carbocycles. The SMILES string of the molecule is O=P(O)(O)C(F)(F)c1ccc(C(Sc2ncn[nH]2)c2ccccc2)cc1Br. The van der Waals surface area contributed by atoms with Crippen LogP contribution < -0.4 is 0 Å². The first-order valence-corrected chi connectivity index (χ1v) is 10.8. The van der Waals surface area contributed by atoms with Crippen LogP contribution in [0.1, 0.15) is 21.9 Å². The molecule has 1 unspecified atom stereocenters. The minimum absolute atomic E-state index is 0.0903. The number of nitrogens with one attached hydrogen (secondary N) is 1. The van der Waals surface area contributed by atoms with Gasteiger partial charge in [-0.15, -0.1) is 0 Å². The topological polar surface area (TPSA) is 99.1 Å². The fourth-order valence-corrected chi connectivity index (χ4v) is 4.73. The van der Waals surface area contributed by atoms with Gasteiger partial charge in [-0.1, -0.05) is 70.2 Å². The van der Waals surface area contributed by atoms with Gasteiger partial charge in [0.1, 0.15) is 6.33 Å². The third kappa shape index (κ3) is 4.30. The third-order valence-electron chi connectivity index (χ3n) is 3.71. The molecule has 3 aromatic rings. The molecule has 0 spiro atoms. The van der Waals surface area contributed by atoms with Crippen LogP contribution in [-0.4, -0.2) is 25.0 Å². The molecular weight excluding hydrogens is 463 g/mol. The van der Waals surface area contributed by atoms with Crippen LogP contribution in [0.2, 0.25) is 0 Å². The highest BCUT2D eigenvalue weighted by atomic mass is 79.9. The van der Waals surface area contributed by atoms with E-state index in [1.807, 2.05) is 30.3 Å². The molecule has 6 nitrogen and oxygen atoms in total. The molecule has 0 bridgehead atoms. The molecule has 0 amide bonds. The summed E-state index contributed by atoms with van der Waals surface area (Å²) in [5.74, 6) is 0. The van der Waals surface area contributed by atoms with E-state index in [4.69, 9.17) is 9.79 Å². The summed E-state index contributed by atoms with van der Waals surface area (Å²) >= 11 is 4.36. The normalized spacial score (nSPS) is 13.5. The first-order valence-electron chi connectivity index (χ1n) is 7.50. The Labute approximate surface area is 165 Å². The number of H-pyrrole nitrogens is 1. The van der Waals surface area contributed by atoms with Crippen LogP contribution in [0.5, 0.6) is 0 Å². The Hall–Kier alpha value is -1.58. The van der Waals surface area contributed by atoms with E-state index in [1.165, 1.54) is 30.2 Å². The summed E-state index contributed by atoms with van der Waals surface area (Å²) in [6.07, 6.45) is 1.37. The number of hydrogen-bond donors (Lipinski definition) is 3. The van der Waals surface area contributed by atoms with E-state index in [0.717, 1.165) is 11.6 Å². The number of aromatic amines is 1. The van der Waals surface area contributed by atoms with E-state index in [2.05, 4.69) is 31.1 Å².